The maximum Gasteiger partial charge on any atom is 0.220 e. The lowest BCUT2D eigenvalue weighted by Crippen LogP contribution is -2.34. The van der Waals surface area contributed by atoms with Gasteiger partial charge in [0, 0.05) is 24.8 Å². The molecule has 0 spiro atoms. The first-order chi connectivity index (χ1) is 11.7. The van der Waals surface area contributed by atoms with E-state index < -0.39 is 0 Å². The Morgan fingerprint density at radius 2 is 2.17 bits per heavy atom. The molecular weight excluding hydrogens is 324 g/mol. The van der Waals surface area contributed by atoms with Crippen LogP contribution in [0.25, 0.3) is 0 Å². The van der Waals surface area contributed by atoms with Gasteiger partial charge in [0.2, 0.25) is 5.91 Å². The Kier molecular flexibility index (Phi) is 6.48. The number of amides is 1. The van der Waals surface area contributed by atoms with Crippen molar-refractivity contribution in [2.75, 3.05) is 24.6 Å². The Morgan fingerprint density at radius 1 is 1.33 bits per heavy atom. The van der Waals surface area contributed by atoms with Crippen LogP contribution in [0, 0.1) is 5.92 Å². The normalized spacial score (nSPS) is 22.8. The number of carbonyl (C=O) groups excluding carboxylic acids is 1. The number of hydrogen-bond donors (Lipinski definition) is 1. The molecular formula is C16H28N6OS. The highest BCUT2D eigenvalue weighted by Gasteiger charge is 2.19. The predicted octanol–water partition coefficient (Wildman–Crippen LogP) is 1.31. The number of carbonyl (C=O) groups is 1. The number of tetrazole rings is 1. The Labute approximate surface area is 147 Å². The zero-order chi connectivity index (χ0) is 16.8. The lowest BCUT2D eigenvalue weighted by Gasteiger charge is -2.29. The highest BCUT2D eigenvalue weighted by molar-refractivity contribution is 7.99. The van der Waals surface area contributed by atoms with Gasteiger partial charge >= 0.3 is 0 Å². The largest absolute Gasteiger partial charge is 0.353 e. The molecule has 3 heterocycles. The van der Waals surface area contributed by atoms with E-state index >= 15 is 0 Å². The molecule has 0 bridgehead atoms. The van der Waals surface area contributed by atoms with Gasteiger partial charge in [0.25, 0.3) is 0 Å². The molecule has 1 aromatic rings. The van der Waals surface area contributed by atoms with Gasteiger partial charge in [-0.3, -0.25) is 9.69 Å². The molecule has 3 rings (SSSR count). The van der Waals surface area contributed by atoms with Crippen LogP contribution in [0.2, 0.25) is 0 Å². The second-order valence-electron chi connectivity index (χ2n) is 7.01. The fourth-order valence-corrected chi connectivity index (χ4v) is 4.42. The van der Waals surface area contributed by atoms with E-state index in [4.69, 9.17) is 0 Å². The summed E-state index contributed by atoms with van der Waals surface area (Å²) in [7, 11) is 0. The van der Waals surface area contributed by atoms with Crippen molar-refractivity contribution in [2.24, 2.45) is 5.92 Å². The lowest BCUT2D eigenvalue weighted by atomic mass is 9.99. The summed E-state index contributed by atoms with van der Waals surface area (Å²) in [6, 6.07) is 0.368. The van der Waals surface area contributed by atoms with Gasteiger partial charge in [-0.25, -0.2) is 4.68 Å². The molecule has 24 heavy (non-hydrogen) atoms. The van der Waals surface area contributed by atoms with E-state index in [-0.39, 0.29) is 5.91 Å². The van der Waals surface area contributed by atoms with E-state index in [0.717, 1.165) is 55.7 Å². The third kappa shape index (κ3) is 5.17. The molecule has 0 radical (unpaired) electrons. The Bertz CT molecular complexity index is 522. The number of hydrogen-bond acceptors (Lipinski definition) is 6. The van der Waals surface area contributed by atoms with Gasteiger partial charge in [0.05, 0.1) is 6.54 Å². The number of likely N-dealkylation sites (tertiary alicyclic amines) is 1. The second-order valence-corrected chi connectivity index (χ2v) is 8.16. The molecule has 2 fully saturated rings. The molecule has 1 amide bonds. The Morgan fingerprint density at radius 3 is 2.92 bits per heavy atom. The van der Waals surface area contributed by atoms with Gasteiger partial charge in [0.15, 0.2) is 5.82 Å². The van der Waals surface area contributed by atoms with Crippen molar-refractivity contribution in [3.63, 3.8) is 0 Å². The summed E-state index contributed by atoms with van der Waals surface area (Å²) in [4.78, 5) is 14.4. The van der Waals surface area contributed by atoms with Crippen LogP contribution in [0.3, 0.4) is 0 Å². The SMILES string of the molecule is CC1CCN(Cc2nnnn2CCCC(=O)N[C@@H]2CCSC2)CC1. The average Bonchev–Trinajstić information content (AvgIpc) is 3.22. The fourth-order valence-electron chi connectivity index (χ4n) is 3.27. The quantitative estimate of drug-likeness (QED) is 0.797. The molecule has 2 aliphatic rings. The van der Waals surface area contributed by atoms with E-state index in [2.05, 4.69) is 32.7 Å². The number of aryl methyl sites for hydroxylation is 1. The first-order valence-corrected chi connectivity index (χ1v) is 10.2. The third-order valence-corrected chi connectivity index (χ3v) is 6.08. The highest BCUT2D eigenvalue weighted by atomic mass is 32.2. The topological polar surface area (TPSA) is 75.9 Å². The van der Waals surface area contributed by atoms with Crippen LogP contribution in [0.4, 0.5) is 0 Å². The van der Waals surface area contributed by atoms with Crippen LogP contribution >= 0.6 is 11.8 Å². The van der Waals surface area contributed by atoms with Crippen molar-refractivity contribution in [1.29, 1.82) is 0 Å². The van der Waals surface area contributed by atoms with E-state index in [1.165, 1.54) is 12.8 Å². The minimum absolute atomic E-state index is 0.155. The van der Waals surface area contributed by atoms with E-state index in [1.807, 2.05) is 16.4 Å². The number of piperidine rings is 1. The van der Waals surface area contributed by atoms with Gasteiger partial charge in [0.1, 0.15) is 0 Å². The van der Waals surface area contributed by atoms with Crippen molar-refractivity contribution < 1.29 is 4.79 Å². The molecule has 2 saturated heterocycles. The summed E-state index contributed by atoms with van der Waals surface area (Å²) >= 11 is 1.91. The van der Waals surface area contributed by atoms with E-state index in [0.29, 0.717) is 19.0 Å². The van der Waals surface area contributed by atoms with Crippen LogP contribution in [0.5, 0.6) is 0 Å². The molecule has 8 heteroatoms. The van der Waals surface area contributed by atoms with Crippen molar-refractivity contribution in [1.82, 2.24) is 30.4 Å². The average molecular weight is 353 g/mol. The summed E-state index contributed by atoms with van der Waals surface area (Å²) < 4.78 is 1.86. The number of nitrogens with zero attached hydrogens (tertiary/aromatic N) is 5. The standard InChI is InChI=1S/C16H28N6OS/c1-13-4-8-21(9-5-13)11-15-18-19-20-22(15)7-2-3-16(23)17-14-6-10-24-12-14/h13-14H,2-12H2,1H3,(H,17,23)/t14-/m1/s1. The molecule has 7 nitrogen and oxygen atoms in total. The molecule has 2 aliphatic heterocycles. The molecule has 0 unspecified atom stereocenters. The van der Waals surface area contributed by atoms with Crippen molar-refractivity contribution in [3.05, 3.63) is 5.82 Å². The van der Waals surface area contributed by atoms with E-state index in [9.17, 15) is 4.79 Å². The maximum absolute atomic E-state index is 12.0. The summed E-state index contributed by atoms with van der Waals surface area (Å²) in [5, 5.41) is 15.2. The highest BCUT2D eigenvalue weighted by Crippen LogP contribution is 2.18. The first kappa shape index (κ1) is 17.7. The molecule has 1 atom stereocenters. The minimum Gasteiger partial charge on any atom is -0.353 e. The van der Waals surface area contributed by atoms with Crippen LogP contribution in [-0.2, 0) is 17.9 Å². The number of thioether (sulfide) groups is 1. The minimum atomic E-state index is 0.155. The van der Waals surface area contributed by atoms with Gasteiger partial charge in [-0.15, -0.1) is 5.10 Å². The predicted molar refractivity (Wildman–Crippen MR) is 94.6 cm³/mol. The number of aromatic nitrogens is 4. The summed E-state index contributed by atoms with van der Waals surface area (Å²) in [5.74, 6) is 4.11. The third-order valence-electron chi connectivity index (χ3n) is 4.92. The maximum atomic E-state index is 12.0. The Balaban J connectivity index is 1.39. The first-order valence-electron chi connectivity index (χ1n) is 9.05. The summed E-state index contributed by atoms with van der Waals surface area (Å²) in [6.07, 6.45) is 4.92. The molecule has 0 aromatic carbocycles. The van der Waals surface area contributed by atoms with E-state index in [1.54, 1.807) is 0 Å². The molecule has 1 N–H and O–H groups in total. The summed E-state index contributed by atoms with van der Waals surface area (Å²) in [5.41, 5.74) is 0. The van der Waals surface area contributed by atoms with Crippen molar-refractivity contribution >= 4 is 17.7 Å². The van der Waals surface area contributed by atoms with Crippen LogP contribution < -0.4 is 5.32 Å². The second kappa shape index (κ2) is 8.80. The molecule has 1 aromatic heterocycles. The zero-order valence-electron chi connectivity index (χ0n) is 14.5. The molecule has 0 saturated carbocycles. The zero-order valence-corrected chi connectivity index (χ0v) is 15.3. The van der Waals surface area contributed by atoms with Gasteiger partial charge < -0.3 is 5.32 Å². The van der Waals surface area contributed by atoms with Gasteiger partial charge in [-0.2, -0.15) is 11.8 Å². The monoisotopic (exact) mass is 352 g/mol. The van der Waals surface area contributed by atoms with Crippen LogP contribution in [0.1, 0.15) is 44.9 Å². The molecule has 0 aliphatic carbocycles. The number of nitrogens with one attached hydrogen (secondary N) is 1. The molecule has 134 valence electrons. The number of rotatable bonds is 7. The van der Waals surface area contributed by atoms with Gasteiger partial charge in [-0.1, -0.05) is 6.92 Å². The lowest BCUT2D eigenvalue weighted by molar-refractivity contribution is -0.121. The fraction of sp³-hybridized carbons (Fsp3) is 0.875. The summed E-state index contributed by atoms with van der Waals surface area (Å²) in [6.45, 7) is 6.08. The van der Waals surface area contributed by atoms with Gasteiger partial charge in [-0.05, 0) is 60.9 Å². The Hall–Kier alpha value is -1.15. The van der Waals surface area contributed by atoms with Crippen LogP contribution in [0.15, 0.2) is 0 Å². The van der Waals surface area contributed by atoms with Crippen LogP contribution in [-0.4, -0.2) is 61.7 Å². The van der Waals surface area contributed by atoms with Crippen molar-refractivity contribution in [3.8, 4) is 0 Å². The smallest absolute Gasteiger partial charge is 0.220 e. The van der Waals surface area contributed by atoms with Crippen molar-refractivity contribution in [2.45, 2.75) is 58.2 Å².